The second-order valence-corrected chi connectivity index (χ2v) is 5.42. The Labute approximate surface area is 119 Å². The van der Waals surface area contributed by atoms with Gasteiger partial charge in [0.1, 0.15) is 5.15 Å². The van der Waals surface area contributed by atoms with E-state index in [0.717, 1.165) is 32.5 Å². The molecule has 0 bridgehead atoms. The van der Waals surface area contributed by atoms with Gasteiger partial charge in [0, 0.05) is 25.8 Å². The van der Waals surface area contributed by atoms with E-state index in [-0.39, 0.29) is 0 Å². The quantitative estimate of drug-likeness (QED) is 0.780. The second kappa shape index (κ2) is 5.72. The Morgan fingerprint density at radius 1 is 1.05 bits per heavy atom. The molecule has 2 nitrogen and oxygen atoms in total. The van der Waals surface area contributed by atoms with Gasteiger partial charge in [-0.05, 0) is 41.7 Å². The Morgan fingerprint density at radius 3 is 2.37 bits per heavy atom. The van der Waals surface area contributed by atoms with E-state index in [9.17, 15) is 0 Å². The molecule has 0 amide bonds. The Balaban J connectivity index is 1.69. The summed E-state index contributed by atoms with van der Waals surface area (Å²) >= 11 is 5.94. The van der Waals surface area contributed by atoms with Crippen LogP contribution in [0.2, 0.25) is 5.15 Å². The van der Waals surface area contributed by atoms with Gasteiger partial charge in [-0.2, -0.15) is 0 Å². The van der Waals surface area contributed by atoms with E-state index >= 15 is 0 Å². The third-order valence-electron chi connectivity index (χ3n) is 3.71. The van der Waals surface area contributed by atoms with Crippen LogP contribution in [0, 0.1) is 0 Å². The first-order valence-electron chi connectivity index (χ1n) is 6.71. The summed E-state index contributed by atoms with van der Waals surface area (Å²) in [5.41, 5.74) is 4.24. The summed E-state index contributed by atoms with van der Waals surface area (Å²) in [5.74, 6) is 0. The van der Waals surface area contributed by atoms with Gasteiger partial charge in [0.2, 0.25) is 0 Å². The number of rotatable bonds is 2. The predicted octanol–water partition coefficient (Wildman–Crippen LogP) is 3.34. The van der Waals surface area contributed by atoms with Gasteiger partial charge >= 0.3 is 0 Å². The van der Waals surface area contributed by atoms with Crippen molar-refractivity contribution in [3.63, 3.8) is 0 Å². The fourth-order valence-corrected chi connectivity index (χ4v) is 2.87. The number of aromatic nitrogens is 1. The predicted molar refractivity (Wildman–Crippen MR) is 78.4 cm³/mol. The molecule has 98 valence electrons. The van der Waals surface area contributed by atoms with Crippen LogP contribution in [0.3, 0.4) is 0 Å². The zero-order valence-corrected chi connectivity index (χ0v) is 11.6. The van der Waals surface area contributed by atoms with E-state index in [2.05, 4.69) is 34.1 Å². The van der Waals surface area contributed by atoms with Crippen molar-refractivity contribution in [3.05, 3.63) is 64.4 Å². The van der Waals surface area contributed by atoms with Crippen molar-refractivity contribution < 1.29 is 0 Å². The molecule has 0 N–H and O–H groups in total. The van der Waals surface area contributed by atoms with Crippen molar-refractivity contribution in [2.45, 2.75) is 19.4 Å². The van der Waals surface area contributed by atoms with Crippen molar-refractivity contribution in [1.82, 2.24) is 9.88 Å². The second-order valence-electron chi connectivity index (χ2n) is 5.03. The number of nitrogens with zero attached hydrogens (tertiary/aromatic N) is 2. The molecule has 0 radical (unpaired) electrons. The third-order valence-corrected chi connectivity index (χ3v) is 3.92. The topological polar surface area (TPSA) is 16.1 Å². The normalized spacial score (nSPS) is 15.8. The van der Waals surface area contributed by atoms with Crippen molar-refractivity contribution in [3.8, 4) is 0 Å². The lowest BCUT2D eigenvalue weighted by Crippen LogP contribution is -2.25. The molecule has 3 rings (SSSR count). The molecule has 2 aromatic rings. The van der Waals surface area contributed by atoms with Crippen LogP contribution in [0.5, 0.6) is 0 Å². The molecular weight excluding hydrogens is 256 g/mol. The van der Waals surface area contributed by atoms with Crippen LogP contribution in [-0.4, -0.2) is 23.0 Å². The molecule has 0 atom stereocenters. The Kier molecular flexibility index (Phi) is 3.81. The van der Waals surface area contributed by atoms with E-state index in [4.69, 9.17) is 11.6 Å². The van der Waals surface area contributed by atoms with E-state index in [1.165, 1.54) is 16.7 Å². The minimum atomic E-state index is 0.579. The van der Waals surface area contributed by atoms with Gasteiger partial charge < -0.3 is 0 Å². The lowest BCUT2D eigenvalue weighted by molar-refractivity contribution is 0.279. The van der Waals surface area contributed by atoms with Crippen LogP contribution in [-0.2, 0) is 19.4 Å². The SMILES string of the molecule is Clc1cc(CN2CCc3ccccc3CC2)ccn1. The van der Waals surface area contributed by atoms with Crippen molar-refractivity contribution in [1.29, 1.82) is 0 Å². The summed E-state index contributed by atoms with van der Waals surface area (Å²) in [6.07, 6.45) is 4.05. The number of hydrogen-bond acceptors (Lipinski definition) is 2. The number of fused-ring (bicyclic) bond motifs is 1. The highest BCUT2D eigenvalue weighted by Crippen LogP contribution is 2.17. The van der Waals surface area contributed by atoms with E-state index in [1.807, 2.05) is 12.1 Å². The van der Waals surface area contributed by atoms with Gasteiger partial charge in [-0.25, -0.2) is 4.98 Å². The van der Waals surface area contributed by atoms with Crippen LogP contribution < -0.4 is 0 Å². The Hall–Kier alpha value is -1.38. The van der Waals surface area contributed by atoms with Gasteiger partial charge in [0.25, 0.3) is 0 Å². The molecule has 1 aliphatic heterocycles. The highest BCUT2D eigenvalue weighted by atomic mass is 35.5. The van der Waals surface area contributed by atoms with Crippen molar-refractivity contribution in [2.24, 2.45) is 0 Å². The van der Waals surface area contributed by atoms with Gasteiger partial charge in [-0.3, -0.25) is 4.90 Å². The number of halogens is 1. The molecule has 0 saturated heterocycles. The molecule has 1 aliphatic rings. The minimum Gasteiger partial charge on any atom is -0.298 e. The van der Waals surface area contributed by atoms with Crippen LogP contribution in [0.4, 0.5) is 0 Å². The maximum absolute atomic E-state index is 5.94. The maximum atomic E-state index is 5.94. The monoisotopic (exact) mass is 272 g/mol. The molecule has 1 aromatic carbocycles. The van der Waals surface area contributed by atoms with E-state index in [0.29, 0.717) is 5.15 Å². The first-order valence-corrected chi connectivity index (χ1v) is 7.08. The average molecular weight is 273 g/mol. The van der Waals surface area contributed by atoms with Crippen molar-refractivity contribution in [2.75, 3.05) is 13.1 Å². The summed E-state index contributed by atoms with van der Waals surface area (Å²) < 4.78 is 0. The smallest absolute Gasteiger partial charge is 0.129 e. The van der Waals surface area contributed by atoms with Gasteiger partial charge in [0.05, 0.1) is 0 Å². The van der Waals surface area contributed by atoms with Gasteiger partial charge in [-0.15, -0.1) is 0 Å². The van der Waals surface area contributed by atoms with Crippen LogP contribution in [0.1, 0.15) is 16.7 Å². The first kappa shape index (κ1) is 12.6. The van der Waals surface area contributed by atoms with E-state index in [1.54, 1.807) is 6.20 Å². The number of pyridine rings is 1. The summed E-state index contributed by atoms with van der Waals surface area (Å²) in [6, 6.07) is 12.8. The zero-order valence-electron chi connectivity index (χ0n) is 10.8. The molecule has 2 heterocycles. The Morgan fingerprint density at radius 2 is 1.74 bits per heavy atom. The molecule has 0 spiro atoms. The standard InChI is InChI=1S/C16H17ClN2/c17-16-11-13(5-8-18-16)12-19-9-6-14-3-1-2-4-15(14)7-10-19/h1-5,8,11H,6-7,9-10,12H2. The maximum Gasteiger partial charge on any atom is 0.129 e. The van der Waals surface area contributed by atoms with Crippen LogP contribution in [0.25, 0.3) is 0 Å². The summed E-state index contributed by atoms with van der Waals surface area (Å²) in [7, 11) is 0. The molecule has 1 aromatic heterocycles. The molecule has 0 saturated carbocycles. The third kappa shape index (κ3) is 3.14. The summed E-state index contributed by atoms with van der Waals surface area (Å²) in [4.78, 5) is 6.52. The number of hydrogen-bond donors (Lipinski definition) is 0. The zero-order chi connectivity index (χ0) is 13.1. The minimum absolute atomic E-state index is 0.579. The lowest BCUT2D eigenvalue weighted by Gasteiger charge is -2.19. The molecule has 0 unspecified atom stereocenters. The fraction of sp³-hybridized carbons (Fsp3) is 0.312. The molecule has 0 fully saturated rings. The average Bonchev–Trinajstić information content (AvgIpc) is 2.62. The molecular formula is C16H17ClN2. The van der Waals surface area contributed by atoms with Gasteiger partial charge in [-0.1, -0.05) is 35.9 Å². The molecule has 0 aliphatic carbocycles. The van der Waals surface area contributed by atoms with Crippen molar-refractivity contribution >= 4 is 11.6 Å². The molecule has 19 heavy (non-hydrogen) atoms. The van der Waals surface area contributed by atoms with Gasteiger partial charge in [0.15, 0.2) is 0 Å². The highest BCUT2D eigenvalue weighted by molar-refractivity contribution is 6.29. The molecule has 3 heteroatoms. The largest absolute Gasteiger partial charge is 0.298 e. The fourth-order valence-electron chi connectivity index (χ4n) is 2.67. The summed E-state index contributed by atoms with van der Waals surface area (Å²) in [6.45, 7) is 3.17. The van der Waals surface area contributed by atoms with Crippen LogP contribution >= 0.6 is 11.6 Å². The number of benzene rings is 1. The Bertz CT molecular complexity index is 541. The van der Waals surface area contributed by atoms with E-state index < -0.39 is 0 Å². The summed E-state index contributed by atoms with van der Waals surface area (Å²) in [5, 5.41) is 0.579. The highest BCUT2D eigenvalue weighted by Gasteiger charge is 2.13. The van der Waals surface area contributed by atoms with Crippen LogP contribution in [0.15, 0.2) is 42.6 Å². The first-order chi connectivity index (χ1) is 9.31. The lowest BCUT2D eigenvalue weighted by atomic mass is 10.0.